The predicted octanol–water partition coefficient (Wildman–Crippen LogP) is 6.00. The normalized spacial score (nSPS) is 60.1. The van der Waals surface area contributed by atoms with Gasteiger partial charge in [0.1, 0.15) is 5.78 Å². The average molecular weight is 415 g/mol. The van der Waals surface area contributed by atoms with E-state index in [-0.39, 0.29) is 11.2 Å². The second-order valence-electron chi connectivity index (χ2n) is 12.9. The van der Waals surface area contributed by atoms with Crippen LogP contribution in [-0.4, -0.2) is 24.3 Å². The van der Waals surface area contributed by atoms with Crippen molar-refractivity contribution in [3.63, 3.8) is 0 Å². The molecule has 6 fully saturated rings. The molecular formula is C27H42O3. The lowest BCUT2D eigenvalue weighted by Gasteiger charge is -2.60. The fraction of sp³-hybridized carbons (Fsp3) is 0.963. The third-order valence-electron chi connectivity index (χ3n) is 11.6. The lowest BCUT2D eigenvalue weighted by Crippen LogP contribution is -2.56. The first-order valence-corrected chi connectivity index (χ1v) is 13.1. The van der Waals surface area contributed by atoms with E-state index < -0.39 is 0 Å². The Labute approximate surface area is 183 Å². The number of ketones is 1. The van der Waals surface area contributed by atoms with Crippen molar-refractivity contribution in [1.29, 1.82) is 0 Å². The zero-order valence-corrected chi connectivity index (χ0v) is 19.6. The van der Waals surface area contributed by atoms with Gasteiger partial charge in [0.05, 0.1) is 12.7 Å². The van der Waals surface area contributed by atoms with Gasteiger partial charge < -0.3 is 9.47 Å². The van der Waals surface area contributed by atoms with Crippen molar-refractivity contribution in [3.05, 3.63) is 0 Å². The molecule has 4 aliphatic carbocycles. The lowest BCUT2D eigenvalue weighted by molar-refractivity contribution is -0.273. The first-order valence-electron chi connectivity index (χ1n) is 13.1. The predicted molar refractivity (Wildman–Crippen MR) is 117 cm³/mol. The van der Waals surface area contributed by atoms with Gasteiger partial charge in [0.2, 0.25) is 0 Å². The molecule has 0 N–H and O–H groups in total. The Kier molecular flexibility index (Phi) is 4.42. The van der Waals surface area contributed by atoms with E-state index in [9.17, 15) is 4.79 Å². The smallest absolute Gasteiger partial charge is 0.171 e. The van der Waals surface area contributed by atoms with Crippen LogP contribution in [0.5, 0.6) is 0 Å². The topological polar surface area (TPSA) is 35.5 Å². The first kappa shape index (κ1) is 20.2. The number of hydrogen-bond acceptors (Lipinski definition) is 3. The van der Waals surface area contributed by atoms with Gasteiger partial charge in [-0.05, 0) is 78.9 Å². The maximum atomic E-state index is 13.3. The summed E-state index contributed by atoms with van der Waals surface area (Å²) < 4.78 is 13.3. The Morgan fingerprint density at radius 3 is 2.53 bits per heavy atom. The highest BCUT2D eigenvalue weighted by molar-refractivity contribution is 5.83. The number of ether oxygens (including phenoxy) is 2. The van der Waals surface area contributed by atoms with Gasteiger partial charge in [-0.1, -0.05) is 40.5 Å². The molecule has 6 aliphatic rings. The molecule has 0 aromatic rings. The Bertz CT molecular complexity index is 724. The highest BCUT2D eigenvalue weighted by atomic mass is 16.7. The quantitative estimate of drug-likeness (QED) is 0.487. The largest absolute Gasteiger partial charge is 0.349 e. The molecule has 4 saturated carbocycles. The van der Waals surface area contributed by atoms with Crippen molar-refractivity contribution >= 4 is 5.78 Å². The van der Waals surface area contributed by atoms with E-state index in [1.54, 1.807) is 0 Å². The maximum Gasteiger partial charge on any atom is 0.171 e. The molecule has 3 nitrogen and oxygen atoms in total. The number of rotatable bonds is 0. The second kappa shape index (κ2) is 6.56. The van der Waals surface area contributed by atoms with E-state index in [4.69, 9.17) is 9.47 Å². The molecule has 2 heterocycles. The van der Waals surface area contributed by atoms with Crippen LogP contribution in [0.15, 0.2) is 0 Å². The number of Topliss-reactive ketones (excluding diaryl/α,β-unsaturated/α-hetero) is 1. The molecule has 2 aliphatic heterocycles. The minimum Gasteiger partial charge on any atom is -0.349 e. The summed E-state index contributed by atoms with van der Waals surface area (Å²) in [7, 11) is 0. The van der Waals surface area contributed by atoms with Crippen molar-refractivity contribution < 1.29 is 14.3 Å². The molecule has 0 bridgehead atoms. The zero-order chi connectivity index (χ0) is 20.9. The molecule has 3 heteroatoms. The van der Waals surface area contributed by atoms with Crippen molar-refractivity contribution in [2.24, 2.45) is 52.3 Å². The van der Waals surface area contributed by atoms with Gasteiger partial charge in [0, 0.05) is 24.7 Å². The van der Waals surface area contributed by atoms with Crippen LogP contribution in [0.2, 0.25) is 0 Å². The first-order chi connectivity index (χ1) is 14.3. The monoisotopic (exact) mass is 414 g/mol. The minimum absolute atomic E-state index is 0.271. The van der Waals surface area contributed by atoms with Crippen LogP contribution < -0.4 is 0 Å². The van der Waals surface area contributed by atoms with Crippen LogP contribution in [0.4, 0.5) is 0 Å². The molecule has 0 aromatic carbocycles. The summed E-state index contributed by atoms with van der Waals surface area (Å²) >= 11 is 0. The Morgan fingerprint density at radius 2 is 1.77 bits per heavy atom. The summed E-state index contributed by atoms with van der Waals surface area (Å²) in [5.41, 5.74) is 0.590. The van der Waals surface area contributed by atoms with Gasteiger partial charge in [0.15, 0.2) is 5.79 Å². The SMILES string of the molecule is C[C@@H]1CC[C@@]2(OC1)O[C@H]1C[C@H]3[C@@H]4CC(=O)[C@H]5CCCC[C@]5(C)[C@H]4CC[C@]3(C)[C@H]1[C@@H]2C. The van der Waals surface area contributed by atoms with E-state index in [1.165, 1.54) is 44.9 Å². The van der Waals surface area contributed by atoms with Crippen LogP contribution in [0.1, 0.15) is 91.9 Å². The summed E-state index contributed by atoms with van der Waals surface area (Å²) in [6.07, 6.45) is 12.3. The average Bonchev–Trinajstić information content (AvgIpc) is 3.15. The number of carbonyl (C=O) groups excluding carboxylic acids is 1. The highest BCUT2D eigenvalue weighted by Crippen LogP contribution is 2.70. The van der Waals surface area contributed by atoms with Crippen molar-refractivity contribution in [2.75, 3.05) is 6.61 Å². The molecule has 30 heavy (non-hydrogen) atoms. The van der Waals surface area contributed by atoms with Gasteiger partial charge in [0.25, 0.3) is 0 Å². The third-order valence-corrected chi connectivity index (χ3v) is 11.6. The summed E-state index contributed by atoms with van der Waals surface area (Å²) in [6, 6.07) is 0. The van der Waals surface area contributed by atoms with Crippen LogP contribution in [0.25, 0.3) is 0 Å². The molecule has 0 aromatic heterocycles. The lowest BCUT2D eigenvalue weighted by atomic mass is 9.44. The van der Waals surface area contributed by atoms with Gasteiger partial charge in [-0.2, -0.15) is 0 Å². The van der Waals surface area contributed by atoms with Crippen LogP contribution in [0, 0.1) is 52.3 Å². The van der Waals surface area contributed by atoms with Crippen molar-refractivity contribution in [1.82, 2.24) is 0 Å². The second-order valence-corrected chi connectivity index (χ2v) is 12.9. The molecular weight excluding hydrogens is 372 g/mol. The van der Waals surface area contributed by atoms with E-state index >= 15 is 0 Å². The van der Waals surface area contributed by atoms with E-state index in [1.807, 2.05) is 0 Å². The van der Waals surface area contributed by atoms with Crippen LogP contribution >= 0.6 is 0 Å². The van der Waals surface area contributed by atoms with Gasteiger partial charge in [-0.3, -0.25) is 4.79 Å². The van der Waals surface area contributed by atoms with E-state index in [0.29, 0.717) is 52.8 Å². The molecule has 11 atom stereocenters. The summed E-state index contributed by atoms with van der Waals surface area (Å²) in [5, 5.41) is 0. The molecule has 0 unspecified atom stereocenters. The molecule has 0 radical (unpaired) electrons. The van der Waals surface area contributed by atoms with E-state index in [2.05, 4.69) is 27.7 Å². The molecule has 0 amide bonds. The van der Waals surface area contributed by atoms with Crippen molar-refractivity contribution in [3.8, 4) is 0 Å². The molecule has 168 valence electrons. The maximum absolute atomic E-state index is 13.3. The fourth-order valence-electron chi connectivity index (χ4n) is 10.1. The number of fused-ring (bicyclic) bond motifs is 7. The Balaban J connectivity index is 1.29. The highest BCUT2D eigenvalue weighted by Gasteiger charge is 2.69. The number of carbonyl (C=O) groups is 1. The minimum atomic E-state index is -0.324. The Hall–Kier alpha value is -0.410. The van der Waals surface area contributed by atoms with Gasteiger partial charge >= 0.3 is 0 Å². The molecule has 1 spiro atoms. The molecule has 2 saturated heterocycles. The molecule has 6 rings (SSSR count). The van der Waals surface area contributed by atoms with Crippen LogP contribution in [-0.2, 0) is 14.3 Å². The van der Waals surface area contributed by atoms with Crippen LogP contribution in [0.3, 0.4) is 0 Å². The summed E-state index contributed by atoms with van der Waals surface area (Å²) in [4.78, 5) is 13.3. The third kappa shape index (κ3) is 2.49. The van der Waals surface area contributed by atoms with E-state index in [0.717, 1.165) is 31.8 Å². The van der Waals surface area contributed by atoms with Gasteiger partial charge in [-0.15, -0.1) is 0 Å². The van der Waals surface area contributed by atoms with Crippen molar-refractivity contribution in [2.45, 2.75) is 104 Å². The standard InChI is InChI=1S/C27H42O3/c1-16-8-12-27(29-15-16)17(2)24-23(30-27)14-21-18-13-22(28)20-7-5-6-10-25(20,3)19(18)9-11-26(21,24)4/h16-21,23-24H,5-15H2,1-4H3/t16-,17+,18-,19+,20-,21+,23+,24+,25-,26+,27-/m1/s1. The number of hydrogen-bond donors (Lipinski definition) is 0. The summed E-state index contributed by atoms with van der Waals surface area (Å²) in [5.74, 6) is 4.38. The zero-order valence-electron chi connectivity index (χ0n) is 19.6. The fourth-order valence-corrected chi connectivity index (χ4v) is 10.1. The Morgan fingerprint density at radius 1 is 0.933 bits per heavy atom. The summed E-state index contributed by atoms with van der Waals surface area (Å²) in [6.45, 7) is 10.6. The van der Waals surface area contributed by atoms with Gasteiger partial charge in [-0.25, -0.2) is 0 Å².